The molecule has 15 aromatic rings. The van der Waals surface area contributed by atoms with Crippen LogP contribution in [0.1, 0.15) is 44.5 Å². The van der Waals surface area contributed by atoms with Crippen molar-refractivity contribution < 1.29 is 0 Å². The lowest BCUT2D eigenvalue weighted by molar-refractivity contribution is 1.18. The summed E-state index contributed by atoms with van der Waals surface area (Å²) in [6.07, 6.45) is 0. The van der Waals surface area contributed by atoms with E-state index in [-0.39, 0.29) is 0 Å². The quantitative estimate of drug-likeness (QED) is 0.122. The molecule has 0 amide bonds. The minimum absolute atomic E-state index is 1.27. The summed E-state index contributed by atoms with van der Waals surface area (Å²) in [5, 5.41) is 26.9. The molecule has 338 valence electrons. The van der Waals surface area contributed by atoms with Gasteiger partial charge in [0.15, 0.2) is 0 Å². The molecule has 0 aromatic heterocycles. The van der Waals surface area contributed by atoms with Gasteiger partial charge in [0.1, 0.15) is 0 Å². The van der Waals surface area contributed by atoms with Crippen LogP contribution in [0.25, 0.3) is 163 Å². The van der Waals surface area contributed by atoms with E-state index in [1.54, 1.807) is 0 Å². The van der Waals surface area contributed by atoms with E-state index in [0.717, 1.165) is 0 Å². The Hall–Kier alpha value is -8.32. The Balaban J connectivity index is 1.05. The van der Waals surface area contributed by atoms with Gasteiger partial charge in [-0.25, -0.2) is 0 Å². The standard InChI is InChI=1S/C72H50/c1-35-19-20-37(3)57(31-35)70-62-34-60-48-18-12-15-43-14-11-17-47(64(43)48)59(60)33-61(62)65(45-16-10-9-13-36(45)2)71-55-29-27-52-50-24-23-49-46-22-21-44(63-41(7)39(5)38(4)40(6)42(63)8)32-58(46)54-26-25-51(67(50)66(49)54)53-28-30-56(72(70)71)69(55)68(52)53/h9-34H,1-8H3. The van der Waals surface area contributed by atoms with Crippen molar-refractivity contribution in [2.45, 2.75) is 55.4 Å². The van der Waals surface area contributed by atoms with Crippen LogP contribution in [0, 0.1) is 55.4 Å². The molecule has 16 rings (SSSR count). The van der Waals surface area contributed by atoms with Crippen molar-refractivity contribution in [2.75, 3.05) is 0 Å². The van der Waals surface area contributed by atoms with E-state index in [9.17, 15) is 0 Å². The van der Waals surface area contributed by atoms with Crippen LogP contribution < -0.4 is 0 Å². The molecule has 0 saturated carbocycles. The maximum Gasteiger partial charge on any atom is -0.000730 e. The third kappa shape index (κ3) is 4.84. The lowest BCUT2D eigenvalue weighted by Gasteiger charge is -2.19. The lowest BCUT2D eigenvalue weighted by Crippen LogP contribution is -1.99. The van der Waals surface area contributed by atoms with E-state index in [2.05, 4.69) is 213 Å². The van der Waals surface area contributed by atoms with Crippen molar-refractivity contribution in [1.82, 2.24) is 0 Å². The first kappa shape index (κ1) is 40.4. The fourth-order valence-electron chi connectivity index (χ4n) is 14.6. The minimum Gasteiger partial charge on any atom is -0.0620 e. The molecule has 0 unspecified atom stereocenters. The molecule has 0 spiro atoms. The predicted molar refractivity (Wildman–Crippen MR) is 314 cm³/mol. The molecule has 0 radical (unpaired) electrons. The maximum absolute atomic E-state index is 2.57. The molecule has 0 N–H and O–H groups in total. The van der Waals surface area contributed by atoms with Gasteiger partial charge in [-0.05, 0) is 276 Å². The van der Waals surface area contributed by atoms with Gasteiger partial charge < -0.3 is 0 Å². The van der Waals surface area contributed by atoms with E-state index in [1.807, 2.05) is 0 Å². The van der Waals surface area contributed by atoms with Gasteiger partial charge in [0.25, 0.3) is 0 Å². The highest BCUT2D eigenvalue weighted by molar-refractivity contribution is 6.47. The van der Waals surface area contributed by atoms with Gasteiger partial charge >= 0.3 is 0 Å². The van der Waals surface area contributed by atoms with E-state index in [0.29, 0.717) is 0 Å². The zero-order chi connectivity index (χ0) is 48.3. The minimum atomic E-state index is 1.27. The number of aryl methyl sites for hydroxylation is 3. The summed E-state index contributed by atoms with van der Waals surface area (Å²) in [7, 11) is 0. The molecule has 0 heteroatoms. The van der Waals surface area contributed by atoms with E-state index in [4.69, 9.17) is 0 Å². The average Bonchev–Trinajstić information content (AvgIpc) is 4.03. The molecule has 0 bridgehead atoms. The zero-order valence-electron chi connectivity index (χ0n) is 42.0. The Morgan fingerprint density at radius 3 is 1.33 bits per heavy atom. The van der Waals surface area contributed by atoms with Crippen molar-refractivity contribution >= 4 is 108 Å². The molecule has 1 aliphatic rings. The molecule has 1 aliphatic carbocycles. The summed E-state index contributed by atoms with van der Waals surface area (Å²) >= 11 is 0. The molecular weight excluding hydrogens is 865 g/mol. The third-order valence-corrected chi connectivity index (χ3v) is 18.3. The third-order valence-electron chi connectivity index (χ3n) is 18.3. The Labute approximate surface area is 418 Å². The smallest absolute Gasteiger partial charge is 0.000730 e. The van der Waals surface area contributed by atoms with Crippen LogP contribution in [-0.4, -0.2) is 0 Å². The summed E-state index contributed by atoms with van der Waals surface area (Å²) in [5.74, 6) is 0. The first-order valence-electron chi connectivity index (χ1n) is 25.8. The molecule has 0 atom stereocenters. The Bertz CT molecular complexity index is 4920. The average molecular weight is 915 g/mol. The van der Waals surface area contributed by atoms with Gasteiger partial charge in [-0.15, -0.1) is 0 Å². The van der Waals surface area contributed by atoms with Crippen LogP contribution in [-0.2, 0) is 0 Å². The van der Waals surface area contributed by atoms with Gasteiger partial charge in [0.2, 0.25) is 0 Å². The fraction of sp³-hybridized carbons (Fsp3) is 0.111. The first-order chi connectivity index (χ1) is 35.1. The molecule has 0 nitrogen and oxygen atoms in total. The normalized spacial score (nSPS) is 12.7. The highest BCUT2D eigenvalue weighted by atomic mass is 14.3. The molecule has 0 aliphatic heterocycles. The van der Waals surface area contributed by atoms with Crippen molar-refractivity contribution in [2.24, 2.45) is 0 Å². The highest BCUT2D eigenvalue weighted by Gasteiger charge is 2.30. The van der Waals surface area contributed by atoms with Gasteiger partial charge in [0, 0.05) is 0 Å². The van der Waals surface area contributed by atoms with Crippen molar-refractivity contribution in [1.29, 1.82) is 0 Å². The van der Waals surface area contributed by atoms with Crippen molar-refractivity contribution in [3.8, 4) is 55.6 Å². The topological polar surface area (TPSA) is 0 Å². The number of hydrogen-bond acceptors (Lipinski definition) is 0. The summed E-state index contributed by atoms with van der Waals surface area (Å²) in [5.41, 5.74) is 24.2. The Morgan fingerprint density at radius 1 is 0.222 bits per heavy atom. The molecule has 0 saturated heterocycles. The molecule has 72 heavy (non-hydrogen) atoms. The van der Waals surface area contributed by atoms with Crippen LogP contribution in [0.4, 0.5) is 0 Å². The Morgan fingerprint density at radius 2 is 0.708 bits per heavy atom. The summed E-state index contributed by atoms with van der Waals surface area (Å²) in [6.45, 7) is 18.3. The highest BCUT2D eigenvalue weighted by Crippen LogP contribution is 2.58. The van der Waals surface area contributed by atoms with Crippen LogP contribution >= 0.6 is 0 Å². The van der Waals surface area contributed by atoms with Crippen molar-refractivity contribution in [3.63, 3.8) is 0 Å². The molecule has 15 aromatic carbocycles. The molecule has 0 heterocycles. The molecular formula is C72H50. The van der Waals surface area contributed by atoms with Gasteiger partial charge in [-0.3, -0.25) is 0 Å². The van der Waals surface area contributed by atoms with Gasteiger partial charge in [0.05, 0.1) is 0 Å². The predicted octanol–water partition coefficient (Wildman–Crippen LogP) is 20.6. The van der Waals surface area contributed by atoms with Crippen LogP contribution in [0.2, 0.25) is 0 Å². The SMILES string of the molecule is Cc1ccc(C)c(-c2c3cc4c(cc3c(-c3ccccc3C)c3c5ccc6c7ccc8c9c(ccc(c%10ccc(c23)c5c6%10)c97)-c2cc(-c3c(C)c(C)c(C)c(C)c3C)ccc2-8)c2cccc3cccc4c32)c1. The van der Waals surface area contributed by atoms with Crippen LogP contribution in [0.3, 0.4) is 0 Å². The largest absolute Gasteiger partial charge is 0.0620 e. The van der Waals surface area contributed by atoms with Gasteiger partial charge in [-0.2, -0.15) is 0 Å². The summed E-state index contributed by atoms with van der Waals surface area (Å²) < 4.78 is 0. The lowest BCUT2D eigenvalue weighted by atomic mass is 9.83. The second-order valence-corrected chi connectivity index (χ2v) is 21.7. The first-order valence-corrected chi connectivity index (χ1v) is 25.8. The monoisotopic (exact) mass is 914 g/mol. The van der Waals surface area contributed by atoms with Crippen molar-refractivity contribution in [3.05, 3.63) is 202 Å². The van der Waals surface area contributed by atoms with Crippen LogP contribution in [0.15, 0.2) is 158 Å². The maximum atomic E-state index is 2.57. The second kappa shape index (κ2) is 13.8. The number of benzene rings is 13. The summed E-state index contributed by atoms with van der Waals surface area (Å²) in [6, 6.07) is 61.9. The number of rotatable bonds is 3. The second-order valence-electron chi connectivity index (χ2n) is 21.7. The summed E-state index contributed by atoms with van der Waals surface area (Å²) in [4.78, 5) is 0. The number of hydrogen-bond donors (Lipinski definition) is 0. The van der Waals surface area contributed by atoms with E-state index in [1.165, 1.54) is 208 Å². The number of fused-ring (bicyclic) bond motifs is 12. The van der Waals surface area contributed by atoms with E-state index >= 15 is 0 Å². The fourth-order valence-corrected chi connectivity index (χ4v) is 14.6. The zero-order valence-corrected chi connectivity index (χ0v) is 42.0. The van der Waals surface area contributed by atoms with Crippen LogP contribution in [0.5, 0.6) is 0 Å². The Kier molecular flexibility index (Phi) is 7.72. The molecule has 0 fully saturated rings. The van der Waals surface area contributed by atoms with E-state index < -0.39 is 0 Å². The van der Waals surface area contributed by atoms with Gasteiger partial charge in [-0.1, -0.05) is 145 Å².